The van der Waals surface area contributed by atoms with Gasteiger partial charge in [-0.15, -0.1) is 0 Å². The first kappa shape index (κ1) is 12.2. The van der Waals surface area contributed by atoms with Crippen LogP contribution in [0.4, 0.5) is 0 Å². The van der Waals surface area contributed by atoms with E-state index < -0.39 is 0 Å². The molecule has 1 aromatic rings. The third-order valence-electron chi connectivity index (χ3n) is 2.61. The second-order valence-corrected chi connectivity index (χ2v) is 4.10. The number of benzene rings is 1. The molecule has 2 heteroatoms. The second kappa shape index (κ2) is 5.89. The first-order valence-electron chi connectivity index (χ1n) is 5.45. The van der Waals surface area contributed by atoms with Gasteiger partial charge in [0.15, 0.2) is 0 Å². The molecule has 0 unspecified atom stereocenters. The lowest BCUT2D eigenvalue weighted by molar-refractivity contribution is 0.167. The highest BCUT2D eigenvalue weighted by Gasteiger charge is 2.10. The van der Waals surface area contributed by atoms with Crippen LogP contribution in [0.2, 0.25) is 0 Å². The molecule has 1 N–H and O–H groups in total. The van der Waals surface area contributed by atoms with Crippen LogP contribution in [0.3, 0.4) is 0 Å². The number of rotatable bonds is 5. The molecule has 0 radical (unpaired) electrons. The van der Waals surface area contributed by atoms with Gasteiger partial charge in [-0.3, -0.25) is 0 Å². The highest BCUT2D eigenvalue weighted by atomic mass is 16.5. The van der Waals surface area contributed by atoms with E-state index in [1.165, 1.54) is 11.1 Å². The quantitative estimate of drug-likeness (QED) is 0.801. The highest BCUT2D eigenvalue weighted by Crippen LogP contribution is 2.16. The molecule has 0 spiro atoms. The summed E-state index contributed by atoms with van der Waals surface area (Å²) in [5, 5.41) is 3.51. The maximum absolute atomic E-state index is 5.11. The molecule has 0 fully saturated rings. The zero-order chi connectivity index (χ0) is 11.3. The summed E-state index contributed by atoms with van der Waals surface area (Å²) in [7, 11) is 1.73. The number of hydrogen-bond acceptors (Lipinski definition) is 2. The minimum atomic E-state index is 0.372. The summed E-state index contributed by atoms with van der Waals surface area (Å²) in [4.78, 5) is 0. The van der Waals surface area contributed by atoms with Crippen molar-refractivity contribution in [3.63, 3.8) is 0 Å². The molecule has 2 nitrogen and oxygen atoms in total. The van der Waals surface area contributed by atoms with Crippen LogP contribution in [0.1, 0.15) is 31.0 Å². The van der Waals surface area contributed by atoms with Crippen LogP contribution >= 0.6 is 0 Å². The van der Waals surface area contributed by atoms with Crippen LogP contribution < -0.4 is 5.32 Å². The van der Waals surface area contributed by atoms with Crippen molar-refractivity contribution in [1.29, 1.82) is 0 Å². The van der Waals surface area contributed by atoms with Crippen molar-refractivity contribution in [3.05, 3.63) is 35.4 Å². The maximum Gasteiger partial charge on any atom is 0.0613 e. The minimum absolute atomic E-state index is 0.372. The molecule has 2 atom stereocenters. The van der Waals surface area contributed by atoms with Crippen molar-refractivity contribution >= 4 is 0 Å². The Labute approximate surface area is 92.6 Å². The van der Waals surface area contributed by atoms with Gasteiger partial charge in [0, 0.05) is 19.2 Å². The molecule has 0 aromatic heterocycles. The van der Waals surface area contributed by atoms with Gasteiger partial charge in [-0.2, -0.15) is 0 Å². The molecule has 84 valence electrons. The van der Waals surface area contributed by atoms with E-state index in [2.05, 4.69) is 50.4 Å². The number of methoxy groups -OCH3 is 1. The lowest BCUT2D eigenvalue weighted by atomic mass is 10.0. The first-order chi connectivity index (χ1) is 7.15. The van der Waals surface area contributed by atoms with E-state index in [0.717, 1.165) is 6.61 Å². The summed E-state index contributed by atoms with van der Waals surface area (Å²) < 4.78 is 5.11. The predicted octanol–water partition coefficient (Wildman–Crippen LogP) is 2.68. The third-order valence-corrected chi connectivity index (χ3v) is 2.61. The van der Waals surface area contributed by atoms with Crippen LogP contribution in [0.5, 0.6) is 0 Å². The summed E-state index contributed by atoms with van der Waals surface area (Å²) in [6, 6.07) is 9.23. The fourth-order valence-electron chi connectivity index (χ4n) is 1.89. The Balaban J connectivity index is 2.61. The molecule has 0 saturated heterocycles. The lowest BCUT2D eigenvalue weighted by Gasteiger charge is -2.21. The fourth-order valence-corrected chi connectivity index (χ4v) is 1.89. The van der Waals surface area contributed by atoms with Crippen molar-refractivity contribution in [2.45, 2.75) is 32.9 Å². The van der Waals surface area contributed by atoms with Crippen molar-refractivity contribution in [2.24, 2.45) is 0 Å². The van der Waals surface area contributed by atoms with E-state index in [1.807, 2.05) is 0 Å². The summed E-state index contributed by atoms with van der Waals surface area (Å²) in [5.41, 5.74) is 2.70. The van der Waals surface area contributed by atoms with Gasteiger partial charge in [0.2, 0.25) is 0 Å². The summed E-state index contributed by atoms with van der Waals surface area (Å²) in [5.74, 6) is 0. The zero-order valence-electron chi connectivity index (χ0n) is 10.1. The van der Waals surface area contributed by atoms with Crippen molar-refractivity contribution in [3.8, 4) is 0 Å². The molecule has 0 bridgehead atoms. The minimum Gasteiger partial charge on any atom is -0.383 e. The van der Waals surface area contributed by atoms with Crippen LogP contribution in [-0.2, 0) is 4.74 Å². The highest BCUT2D eigenvalue weighted by molar-refractivity contribution is 5.28. The van der Waals surface area contributed by atoms with Gasteiger partial charge in [-0.05, 0) is 31.9 Å². The van der Waals surface area contributed by atoms with E-state index in [1.54, 1.807) is 7.11 Å². The molecule has 1 aromatic carbocycles. The van der Waals surface area contributed by atoms with E-state index >= 15 is 0 Å². The average Bonchev–Trinajstić information content (AvgIpc) is 2.18. The summed E-state index contributed by atoms with van der Waals surface area (Å²) >= 11 is 0. The number of aryl methyl sites for hydroxylation is 1. The van der Waals surface area contributed by atoms with Crippen molar-refractivity contribution in [2.75, 3.05) is 13.7 Å². The van der Waals surface area contributed by atoms with Gasteiger partial charge in [-0.25, -0.2) is 0 Å². The smallest absolute Gasteiger partial charge is 0.0613 e. The topological polar surface area (TPSA) is 21.3 Å². The van der Waals surface area contributed by atoms with Crippen LogP contribution in [-0.4, -0.2) is 19.8 Å². The summed E-state index contributed by atoms with van der Waals surface area (Å²) in [6.45, 7) is 7.22. The van der Waals surface area contributed by atoms with Crippen LogP contribution in [0.15, 0.2) is 24.3 Å². The van der Waals surface area contributed by atoms with E-state index in [4.69, 9.17) is 4.74 Å². The van der Waals surface area contributed by atoms with Crippen molar-refractivity contribution in [1.82, 2.24) is 5.32 Å². The Bertz CT molecular complexity index is 298. The molecular weight excluding hydrogens is 186 g/mol. The molecule has 0 heterocycles. The Morgan fingerprint density at radius 3 is 2.53 bits per heavy atom. The maximum atomic E-state index is 5.11. The van der Waals surface area contributed by atoms with Crippen LogP contribution in [0.25, 0.3) is 0 Å². The number of nitrogens with one attached hydrogen (secondary N) is 1. The SMILES string of the molecule is COC[C@@H](C)N[C@@H](C)c1ccccc1C. The fraction of sp³-hybridized carbons (Fsp3) is 0.538. The predicted molar refractivity (Wildman–Crippen MR) is 64.1 cm³/mol. The van der Waals surface area contributed by atoms with E-state index in [-0.39, 0.29) is 0 Å². The molecule has 0 saturated carbocycles. The Kier molecular flexibility index (Phi) is 4.79. The van der Waals surface area contributed by atoms with E-state index in [9.17, 15) is 0 Å². The molecule has 0 aliphatic rings. The lowest BCUT2D eigenvalue weighted by Crippen LogP contribution is -2.32. The van der Waals surface area contributed by atoms with E-state index in [0.29, 0.717) is 12.1 Å². The average molecular weight is 207 g/mol. The standard InChI is InChI=1S/C13H21NO/c1-10-7-5-6-8-13(10)12(3)14-11(2)9-15-4/h5-8,11-12,14H,9H2,1-4H3/t11-,12+/m1/s1. The normalized spacial score (nSPS) is 14.9. The Morgan fingerprint density at radius 2 is 1.93 bits per heavy atom. The third kappa shape index (κ3) is 3.65. The molecule has 0 amide bonds. The molecule has 0 aliphatic heterocycles. The molecule has 1 rings (SSSR count). The Hall–Kier alpha value is -0.860. The van der Waals surface area contributed by atoms with Gasteiger partial charge in [-0.1, -0.05) is 24.3 Å². The van der Waals surface area contributed by atoms with Crippen molar-refractivity contribution < 1.29 is 4.74 Å². The largest absolute Gasteiger partial charge is 0.383 e. The summed E-state index contributed by atoms with van der Waals surface area (Å²) in [6.07, 6.45) is 0. The first-order valence-corrected chi connectivity index (χ1v) is 5.45. The van der Waals surface area contributed by atoms with Gasteiger partial charge in [0.25, 0.3) is 0 Å². The molecule has 15 heavy (non-hydrogen) atoms. The molecular formula is C13H21NO. The van der Waals surface area contributed by atoms with Crippen LogP contribution in [0, 0.1) is 6.92 Å². The van der Waals surface area contributed by atoms with Gasteiger partial charge in [0.1, 0.15) is 0 Å². The number of ether oxygens (including phenoxy) is 1. The number of hydrogen-bond donors (Lipinski definition) is 1. The van der Waals surface area contributed by atoms with Gasteiger partial charge >= 0.3 is 0 Å². The Morgan fingerprint density at radius 1 is 1.27 bits per heavy atom. The second-order valence-electron chi connectivity index (χ2n) is 4.10. The van der Waals surface area contributed by atoms with Gasteiger partial charge in [0.05, 0.1) is 6.61 Å². The zero-order valence-corrected chi connectivity index (χ0v) is 10.1. The monoisotopic (exact) mass is 207 g/mol. The molecule has 0 aliphatic carbocycles. The van der Waals surface area contributed by atoms with Gasteiger partial charge < -0.3 is 10.1 Å².